The largest absolute Gasteiger partial charge is 0.397 e. The van der Waals surface area contributed by atoms with E-state index in [1.165, 1.54) is 12.1 Å². The molecule has 0 aliphatic heterocycles. The molecule has 0 aromatic heterocycles. The van der Waals surface area contributed by atoms with E-state index in [-0.39, 0.29) is 21.3 Å². The number of rotatable bonds is 1. The predicted molar refractivity (Wildman–Crippen MR) is 54.4 cm³/mol. The summed E-state index contributed by atoms with van der Waals surface area (Å²) in [5, 5.41) is 3.16. The third kappa shape index (κ3) is 1.90. The van der Waals surface area contributed by atoms with Gasteiger partial charge in [-0.15, -0.1) is 0 Å². The highest BCUT2D eigenvalue weighted by atomic mass is 35.5. The van der Waals surface area contributed by atoms with Crippen LogP contribution in [0.1, 0.15) is 10.4 Å². The van der Waals surface area contributed by atoms with Crippen LogP contribution < -0.4 is 5.73 Å². The van der Waals surface area contributed by atoms with Crippen molar-refractivity contribution < 1.29 is 4.79 Å². The molecular weight excluding hydrogens is 227 g/mol. The lowest BCUT2D eigenvalue weighted by molar-refractivity contribution is 0.100. The van der Waals surface area contributed by atoms with E-state index >= 15 is 0 Å². The molecule has 0 aliphatic carbocycles. The summed E-state index contributed by atoms with van der Waals surface area (Å²) in [6.07, 6.45) is 0. The van der Waals surface area contributed by atoms with Crippen LogP contribution >= 0.6 is 23.2 Å². The monoisotopic (exact) mass is 230 g/mol. The third-order valence-electron chi connectivity index (χ3n) is 1.49. The van der Waals surface area contributed by atoms with Gasteiger partial charge in [0.2, 0.25) is 0 Å². The number of amides is 1. The van der Waals surface area contributed by atoms with Crippen LogP contribution in [0.15, 0.2) is 17.2 Å². The maximum absolute atomic E-state index is 11.2. The lowest BCUT2D eigenvalue weighted by atomic mass is 10.1. The zero-order valence-electron chi connectivity index (χ0n) is 6.74. The molecule has 5 nitrogen and oxygen atoms in total. The Kier molecular flexibility index (Phi) is 3.19. The van der Waals surface area contributed by atoms with E-state index < -0.39 is 5.91 Å². The van der Waals surface area contributed by atoms with Crippen LogP contribution in [0.4, 0.5) is 5.69 Å². The molecule has 0 bridgehead atoms. The minimum atomic E-state index is -0.850. The van der Waals surface area contributed by atoms with Crippen molar-refractivity contribution in [3.8, 4) is 0 Å². The number of nitrogens with two attached hydrogens (primary N) is 1. The molecule has 0 unspecified atom stereocenters. The minimum Gasteiger partial charge on any atom is -0.397 e. The van der Waals surface area contributed by atoms with Crippen LogP contribution in [-0.2, 0) is 0 Å². The zero-order chi connectivity index (χ0) is 10.7. The highest BCUT2D eigenvalue weighted by Gasteiger charge is 2.14. The number of nitrogens with zero attached hydrogens (tertiary/aromatic N) is 3. The molecule has 14 heavy (non-hydrogen) atoms. The molecule has 1 rings (SSSR count). The van der Waals surface area contributed by atoms with E-state index in [4.69, 9.17) is 34.5 Å². The highest BCUT2D eigenvalue weighted by molar-refractivity contribution is 6.38. The van der Waals surface area contributed by atoms with Crippen LogP contribution in [-0.4, -0.2) is 5.91 Å². The number of halogens is 2. The van der Waals surface area contributed by atoms with Gasteiger partial charge in [0.1, 0.15) is 0 Å². The summed E-state index contributed by atoms with van der Waals surface area (Å²) in [6, 6.07) is 2.85. The summed E-state index contributed by atoms with van der Waals surface area (Å²) in [7, 11) is 0. The number of benzene rings is 1. The highest BCUT2D eigenvalue weighted by Crippen LogP contribution is 2.29. The quantitative estimate of drug-likeness (QED) is 0.348. The van der Waals surface area contributed by atoms with Crippen molar-refractivity contribution in [2.24, 2.45) is 5.11 Å². The fraction of sp³-hybridized carbons (Fsp3) is 0. The molecule has 0 aliphatic rings. The molecule has 72 valence electrons. The first-order valence-corrected chi connectivity index (χ1v) is 4.16. The number of nitrogen functional groups attached to an aromatic ring is 1. The smallest absolute Gasteiger partial charge is 0.252 e. The van der Waals surface area contributed by atoms with Gasteiger partial charge in [0.05, 0.1) is 21.3 Å². The van der Waals surface area contributed by atoms with Crippen molar-refractivity contribution >= 4 is 34.8 Å². The van der Waals surface area contributed by atoms with Crippen LogP contribution in [0.5, 0.6) is 0 Å². The Hall–Kier alpha value is -1.42. The van der Waals surface area contributed by atoms with Crippen molar-refractivity contribution in [2.45, 2.75) is 0 Å². The lowest BCUT2D eigenvalue weighted by Crippen LogP contribution is -2.02. The molecule has 7 heteroatoms. The summed E-state index contributed by atoms with van der Waals surface area (Å²) in [4.78, 5) is 13.5. The van der Waals surface area contributed by atoms with Gasteiger partial charge in [-0.2, -0.15) is 0 Å². The number of anilines is 1. The molecule has 1 aromatic rings. The molecule has 0 radical (unpaired) electrons. The van der Waals surface area contributed by atoms with Gasteiger partial charge in [-0.3, -0.25) is 4.79 Å². The fourth-order valence-electron chi connectivity index (χ4n) is 0.875. The van der Waals surface area contributed by atoms with Crippen molar-refractivity contribution in [3.05, 3.63) is 38.2 Å². The average Bonchev–Trinajstić information content (AvgIpc) is 2.13. The second kappa shape index (κ2) is 4.19. The second-order valence-corrected chi connectivity index (χ2v) is 3.13. The van der Waals surface area contributed by atoms with Gasteiger partial charge < -0.3 is 5.73 Å². The minimum absolute atomic E-state index is 0.0107. The molecule has 0 atom stereocenters. The summed E-state index contributed by atoms with van der Waals surface area (Å²) < 4.78 is 0. The molecule has 1 aromatic carbocycles. The van der Waals surface area contributed by atoms with Crippen molar-refractivity contribution in [2.75, 3.05) is 5.73 Å². The topological polar surface area (TPSA) is 91.9 Å². The zero-order valence-corrected chi connectivity index (χ0v) is 8.25. The number of hydrogen-bond acceptors (Lipinski definition) is 2. The Bertz CT molecular complexity index is 440. The van der Waals surface area contributed by atoms with E-state index in [2.05, 4.69) is 10.0 Å². The maximum Gasteiger partial charge on any atom is 0.252 e. The summed E-state index contributed by atoms with van der Waals surface area (Å²) >= 11 is 11.3. The van der Waals surface area contributed by atoms with Crippen LogP contribution in [0.2, 0.25) is 10.0 Å². The SMILES string of the molecule is [N-]=[N+]=NC(=O)c1c(Cl)ccc(Cl)c1N. The maximum atomic E-state index is 11.2. The van der Waals surface area contributed by atoms with Crippen molar-refractivity contribution in [1.29, 1.82) is 0 Å². The normalized spacial score (nSPS) is 9.29. The number of carbonyl (C=O) groups is 1. The molecule has 0 fully saturated rings. The Balaban J connectivity index is 3.39. The van der Waals surface area contributed by atoms with Gasteiger partial charge in [0.25, 0.3) is 5.91 Å². The van der Waals surface area contributed by atoms with Crippen LogP contribution in [0.25, 0.3) is 10.4 Å². The first kappa shape index (κ1) is 10.7. The molecule has 2 N–H and O–H groups in total. The molecule has 0 saturated carbocycles. The Morgan fingerprint density at radius 3 is 2.57 bits per heavy atom. The average molecular weight is 231 g/mol. The van der Waals surface area contributed by atoms with Gasteiger partial charge in [-0.05, 0) is 22.8 Å². The van der Waals surface area contributed by atoms with E-state index in [1.807, 2.05) is 0 Å². The van der Waals surface area contributed by atoms with E-state index in [9.17, 15) is 4.79 Å². The first-order chi connectivity index (χ1) is 6.57. The number of azide groups is 1. The van der Waals surface area contributed by atoms with Gasteiger partial charge in [0, 0.05) is 4.91 Å². The molecule has 0 saturated heterocycles. The lowest BCUT2D eigenvalue weighted by Gasteiger charge is -2.04. The number of hydrogen-bond donors (Lipinski definition) is 1. The summed E-state index contributed by atoms with van der Waals surface area (Å²) in [5.41, 5.74) is 13.5. The standard InChI is InChI=1S/C7H4Cl2N4O/c8-3-1-2-4(9)6(10)5(3)7(14)12-13-11/h1-2H,10H2. The van der Waals surface area contributed by atoms with Crippen LogP contribution in [0, 0.1) is 0 Å². The third-order valence-corrected chi connectivity index (χ3v) is 2.14. The number of carbonyl (C=O) groups excluding carboxylic acids is 1. The van der Waals surface area contributed by atoms with Crippen molar-refractivity contribution in [1.82, 2.24) is 0 Å². The van der Waals surface area contributed by atoms with Crippen molar-refractivity contribution in [3.63, 3.8) is 0 Å². The Labute approximate surface area is 89.0 Å². The second-order valence-electron chi connectivity index (χ2n) is 2.31. The van der Waals surface area contributed by atoms with Gasteiger partial charge in [-0.25, -0.2) is 0 Å². The van der Waals surface area contributed by atoms with E-state index in [0.717, 1.165) is 0 Å². The van der Waals surface area contributed by atoms with Crippen LogP contribution in [0.3, 0.4) is 0 Å². The molecular formula is C7H4Cl2N4O. The van der Waals surface area contributed by atoms with E-state index in [1.54, 1.807) is 0 Å². The molecule has 1 amide bonds. The Morgan fingerprint density at radius 1 is 1.43 bits per heavy atom. The fourth-order valence-corrected chi connectivity index (χ4v) is 1.28. The van der Waals surface area contributed by atoms with Gasteiger partial charge in [0.15, 0.2) is 0 Å². The predicted octanol–water partition coefficient (Wildman–Crippen LogP) is 3.03. The Morgan fingerprint density at radius 2 is 2.00 bits per heavy atom. The molecule has 0 heterocycles. The van der Waals surface area contributed by atoms with Gasteiger partial charge in [-0.1, -0.05) is 23.2 Å². The summed E-state index contributed by atoms with van der Waals surface area (Å²) in [5.74, 6) is -0.850. The van der Waals surface area contributed by atoms with Gasteiger partial charge >= 0.3 is 0 Å². The van der Waals surface area contributed by atoms with E-state index in [0.29, 0.717) is 0 Å². The summed E-state index contributed by atoms with van der Waals surface area (Å²) in [6.45, 7) is 0. The first-order valence-electron chi connectivity index (χ1n) is 3.41. The molecule has 0 spiro atoms.